The highest BCUT2D eigenvalue weighted by Crippen LogP contribution is 2.21. The Morgan fingerprint density at radius 2 is 1.71 bits per heavy atom. The van der Waals surface area contributed by atoms with Crippen LogP contribution in [0.5, 0.6) is 0 Å². The molecule has 120 valence electrons. The highest BCUT2D eigenvalue weighted by atomic mass is 79.9. The Bertz CT molecular complexity index is 851. The van der Waals surface area contributed by atoms with Gasteiger partial charge in [0, 0.05) is 28.2 Å². The molecule has 0 unspecified atom stereocenters. The van der Waals surface area contributed by atoms with E-state index in [-0.39, 0.29) is 5.91 Å². The highest BCUT2D eigenvalue weighted by molar-refractivity contribution is 9.10. The Morgan fingerprint density at radius 3 is 2.38 bits per heavy atom. The van der Waals surface area contributed by atoms with Crippen LogP contribution < -0.4 is 10.6 Å². The van der Waals surface area contributed by atoms with E-state index in [1.54, 1.807) is 0 Å². The molecule has 0 saturated heterocycles. The molecule has 24 heavy (non-hydrogen) atoms. The van der Waals surface area contributed by atoms with Gasteiger partial charge in [-0.1, -0.05) is 34.1 Å². The summed E-state index contributed by atoms with van der Waals surface area (Å²) >= 11 is 3.46. The number of hydrogen-bond donors (Lipinski definition) is 2. The van der Waals surface area contributed by atoms with Gasteiger partial charge in [0.1, 0.15) is 0 Å². The molecule has 3 aromatic rings. The van der Waals surface area contributed by atoms with Crippen molar-refractivity contribution in [3.05, 3.63) is 76.5 Å². The first-order valence-electron chi connectivity index (χ1n) is 7.33. The molecule has 0 fully saturated rings. The molecule has 0 aliphatic heterocycles. The van der Waals surface area contributed by atoms with E-state index in [2.05, 4.69) is 36.5 Å². The van der Waals surface area contributed by atoms with Crippen molar-refractivity contribution in [2.45, 2.75) is 6.92 Å². The van der Waals surface area contributed by atoms with Crippen LogP contribution in [0.15, 0.2) is 65.4 Å². The van der Waals surface area contributed by atoms with Gasteiger partial charge in [-0.3, -0.25) is 4.79 Å². The fraction of sp³-hybridized carbons (Fsp3) is 0.0556. The molecule has 0 aliphatic rings. The monoisotopic (exact) mass is 382 g/mol. The average Bonchev–Trinajstić information content (AvgIpc) is 2.60. The van der Waals surface area contributed by atoms with Crippen molar-refractivity contribution in [2.75, 3.05) is 10.6 Å². The third-order valence-electron chi connectivity index (χ3n) is 3.36. The van der Waals surface area contributed by atoms with Crippen molar-refractivity contribution in [3.63, 3.8) is 0 Å². The minimum Gasteiger partial charge on any atom is -0.324 e. The Kier molecular flexibility index (Phi) is 4.86. The van der Waals surface area contributed by atoms with E-state index in [1.807, 2.05) is 55.5 Å². The van der Waals surface area contributed by atoms with Crippen LogP contribution in [0.3, 0.4) is 0 Å². The van der Waals surface area contributed by atoms with E-state index in [4.69, 9.17) is 0 Å². The molecule has 6 heteroatoms. The van der Waals surface area contributed by atoms with E-state index in [9.17, 15) is 4.79 Å². The number of anilines is 3. The highest BCUT2D eigenvalue weighted by Gasteiger charge is 2.08. The van der Waals surface area contributed by atoms with Gasteiger partial charge in [-0.15, -0.1) is 0 Å². The van der Waals surface area contributed by atoms with Crippen LogP contribution >= 0.6 is 15.9 Å². The molecule has 0 bridgehead atoms. The van der Waals surface area contributed by atoms with E-state index in [0.29, 0.717) is 11.5 Å². The third-order valence-corrected chi connectivity index (χ3v) is 4.25. The number of carbonyl (C=O) groups excluding carboxylic acids is 1. The minimum atomic E-state index is -0.243. The van der Waals surface area contributed by atoms with E-state index in [0.717, 1.165) is 21.4 Å². The van der Waals surface area contributed by atoms with Crippen LogP contribution in [0.1, 0.15) is 15.9 Å². The Morgan fingerprint density at radius 1 is 1.00 bits per heavy atom. The maximum atomic E-state index is 12.1. The number of aryl methyl sites for hydroxylation is 1. The van der Waals surface area contributed by atoms with Crippen LogP contribution in [0.25, 0.3) is 0 Å². The lowest BCUT2D eigenvalue weighted by atomic mass is 10.2. The molecule has 1 amide bonds. The van der Waals surface area contributed by atoms with Crippen LogP contribution in [-0.4, -0.2) is 15.9 Å². The van der Waals surface area contributed by atoms with Crippen molar-refractivity contribution in [3.8, 4) is 0 Å². The van der Waals surface area contributed by atoms with Gasteiger partial charge in [0.2, 0.25) is 5.95 Å². The maximum absolute atomic E-state index is 12.1. The third kappa shape index (κ3) is 3.97. The topological polar surface area (TPSA) is 66.9 Å². The van der Waals surface area contributed by atoms with E-state index in [1.165, 1.54) is 12.4 Å². The lowest BCUT2D eigenvalue weighted by Gasteiger charge is -2.08. The standard InChI is InChI=1S/C18H15BrN4O/c1-12-9-15(7-8-16(12)19)23-18-20-10-13(11-21-18)17(24)22-14-5-3-2-4-6-14/h2-11H,1H3,(H,22,24)(H,20,21,23). The van der Waals surface area contributed by atoms with E-state index >= 15 is 0 Å². The summed E-state index contributed by atoms with van der Waals surface area (Å²) in [6.07, 6.45) is 3.00. The number of halogens is 1. The first kappa shape index (κ1) is 16.1. The van der Waals surface area contributed by atoms with Gasteiger partial charge < -0.3 is 10.6 Å². The molecular weight excluding hydrogens is 368 g/mol. The molecule has 0 saturated carbocycles. The maximum Gasteiger partial charge on any atom is 0.258 e. The largest absolute Gasteiger partial charge is 0.324 e. The number of hydrogen-bond acceptors (Lipinski definition) is 4. The summed E-state index contributed by atoms with van der Waals surface area (Å²) in [5, 5.41) is 5.91. The number of aromatic nitrogens is 2. The summed E-state index contributed by atoms with van der Waals surface area (Å²) in [4.78, 5) is 20.5. The zero-order valence-corrected chi connectivity index (χ0v) is 14.5. The second-order valence-electron chi connectivity index (χ2n) is 5.20. The predicted octanol–water partition coefficient (Wildman–Crippen LogP) is 4.54. The van der Waals surface area contributed by atoms with E-state index < -0.39 is 0 Å². The van der Waals surface area contributed by atoms with Crippen molar-refractivity contribution >= 4 is 39.2 Å². The Balaban J connectivity index is 1.68. The lowest BCUT2D eigenvalue weighted by Crippen LogP contribution is -2.13. The fourth-order valence-corrected chi connectivity index (χ4v) is 2.33. The van der Waals surface area contributed by atoms with Crippen LogP contribution in [-0.2, 0) is 0 Å². The summed E-state index contributed by atoms with van der Waals surface area (Å²) < 4.78 is 1.04. The second-order valence-corrected chi connectivity index (χ2v) is 6.06. The normalized spacial score (nSPS) is 10.2. The van der Waals surface area contributed by atoms with Crippen molar-refractivity contribution in [1.82, 2.24) is 9.97 Å². The summed E-state index contributed by atoms with van der Waals surface area (Å²) in [7, 11) is 0. The van der Waals surface area contributed by atoms with Crippen LogP contribution in [0, 0.1) is 6.92 Å². The molecule has 0 spiro atoms. The number of para-hydroxylation sites is 1. The molecule has 3 rings (SSSR count). The molecule has 0 atom stereocenters. The molecule has 1 heterocycles. The van der Waals surface area contributed by atoms with Gasteiger partial charge in [0.05, 0.1) is 5.56 Å². The number of carbonyl (C=O) groups is 1. The Labute approximate surface area is 148 Å². The Hall–Kier alpha value is -2.73. The van der Waals surface area contributed by atoms with Crippen LogP contribution in [0.2, 0.25) is 0 Å². The zero-order chi connectivity index (χ0) is 16.9. The molecule has 2 aromatic carbocycles. The quantitative estimate of drug-likeness (QED) is 0.694. The van der Waals surface area contributed by atoms with Crippen molar-refractivity contribution < 1.29 is 4.79 Å². The van der Waals surface area contributed by atoms with Gasteiger partial charge in [-0.05, 0) is 42.8 Å². The SMILES string of the molecule is Cc1cc(Nc2ncc(C(=O)Nc3ccccc3)cn2)ccc1Br. The predicted molar refractivity (Wildman–Crippen MR) is 98.6 cm³/mol. The molecule has 2 N–H and O–H groups in total. The number of rotatable bonds is 4. The van der Waals surface area contributed by atoms with Gasteiger partial charge in [0.25, 0.3) is 5.91 Å². The van der Waals surface area contributed by atoms with Crippen molar-refractivity contribution in [1.29, 1.82) is 0 Å². The summed E-state index contributed by atoms with van der Waals surface area (Å²) in [6, 6.07) is 15.1. The van der Waals surface area contributed by atoms with Crippen LogP contribution in [0.4, 0.5) is 17.3 Å². The lowest BCUT2D eigenvalue weighted by molar-refractivity contribution is 0.102. The molecule has 0 radical (unpaired) electrons. The minimum absolute atomic E-state index is 0.243. The van der Waals surface area contributed by atoms with Gasteiger partial charge >= 0.3 is 0 Å². The zero-order valence-electron chi connectivity index (χ0n) is 13.0. The summed E-state index contributed by atoms with van der Waals surface area (Å²) in [6.45, 7) is 2.01. The van der Waals surface area contributed by atoms with Gasteiger partial charge in [-0.25, -0.2) is 9.97 Å². The molecule has 1 aromatic heterocycles. The van der Waals surface area contributed by atoms with Gasteiger partial charge in [0.15, 0.2) is 0 Å². The molecule has 0 aliphatic carbocycles. The summed E-state index contributed by atoms with van der Waals surface area (Å²) in [5.74, 6) is 0.195. The summed E-state index contributed by atoms with van der Waals surface area (Å²) in [5.41, 5.74) is 3.13. The average molecular weight is 383 g/mol. The fourth-order valence-electron chi connectivity index (χ4n) is 2.09. The number of amides is 1. The molecule has 5 nitrogen and oxygen atoms in total. The van der Waals surface area contributed by atoms with Gasteiger partial charge in [-0.2, -0.15) is 0 Å². The second kappa shape index (κ2) is 7.23. The molecular formula is C18H15BrN4O. The number of nitrogens with one attached hydrogen (secondary N) is 2. The smallest absolute Gasteiger partial charge is 0.258 e. The first-order chi connectivity index (χ1) is 11.6. The van der Waals surface area contributed by atoms with Crippen molar-refractivity contribution in [2.24, 2.45) is 0 Å². The number of nitrogens with zero attached hydrogens (tertiary/aromatic N) is 2. The first-order valence-corrected chi connectivity index (χ1v) is 8.13. The number of benzene rings is 2.